The molecule has 0 radical (unpaired) electrons. The fourth-order valence-corrected chi connectivity index (χ4v) is 3.07. The third-order valence-corrected chi connectivity index (χ3v) is 4.66. The summed E-state index contributed by atoms with van der Waals surface area (Å²) in [5, 5.41) is 10.7. The molecule has 1 aromatic carbocycles. The van der Waals surface area contributed by atoms with Crippen LogP contribution >= 0.6 is 11.3 Å². The summed E-state index contributed by atoms with van der Waals surface area (Å²) in [7, 11) is 0. The quantitative estimate of drug-likeness (QED) is 0.827. The number of thiophene rings is 1. The summed E-state index contributed by atoms with van der Waals surface area (Å²) in [4.78, 5) is 25.7. The first-order valence-corrected chi connectivity index (χ1v) is 8.24. The van der Waals surface area contributed by atoms with Crippen molar-refractivity contribution in [2.75, 3.05) is 6.54 Å². The highest BCUT2D eigenvalue weighted by Crippen LogP contribution is 2.24. The summed E-state index contributed by atoms with van der Waals surface area (Å²) in [5.41, 5.74) is 0.408. The topological polar surface area (TPSA) is 57.6 Å². The molecule has 1 atom stereocenters. The van der Waals surface area contributed by atoms with Crippen LogP contribution in [0.15, 0.2) is 35.7 Å². The third-order valence-electron chi connectivity index (χ3n) is 3.61. The average Bonchev–Trinajstić information content (AvgIpc) is 3.07. The summed E-state index contributed by atoms with van der Waals surface area (Å²) in [5.74, 6) is -3.66. The van der Waals surface area contributed by atoms with Crippen LogP contribution in [0.1, 0.15) is 29.7 Å². The molecule has 1 aromatic heterocycles. The van der Waals surface area contributed by atoms with Gasteiger partial charge in [0, 0.05) is 18.0 Å². The van der Waals surface area contributed by atoms with Gasteiger partial charge in [0.05, 0.1) is 12.3 Å². The van der Waals surface area contributed by atoms with E-state index in [1.165, 1.54) is 22.3 Å². The van der Waals surface area contributed by atoms with E-state index in [9.17, 15) is 18.4 Å². The fourth-order valence-electron chi connectivity index (χ4n) is 2.29. The first-order valence-electron chi connectivity index (χ1n) is 7.36. The standard InChI is InChI=1S/C17H17F2NO3S/c1-11(15-3-2-8-24-15)17(23)20(7-6-16(21)22)10-12-4-5-13(18)14(19)9-12/h2-5,8-9,11H,6-7,10H2,1H3,(H,21,22). The minimum atomic E-state index is -1.03. The molecule has 0 spiro atoms. The van der Waals surface area contributed by atoms with Gasteiger partial charge in [-0.15, -0.1) is 11.3 Å². The summed E-state index contributed by atoms with van der Waals surface area (Å²) in [6, 6.07) is 7.07. The fraction of sp³-hybridized carbons (Fsp3) is 0.294. The number of carbonyl (C=O) groups excluding carboxylic acids is 1. The summed E-state index contributed by atoms with van der Waals surface area (Å²) in [6.45, 7) is 1.77. The number of amides is 1. The first kappa shape index (κ1) is 18.1. The number of hydrogen-bond acceptors (Lipinski definition) is 3. The molecule has 128 valence electrons. The summed E-state index contributed by atoms with van der Waals surface area (Å²) < 4.78 is 26.4. The Morgan fingerprint density at radius 3 is 2.58 bits per heavy atom. The monoisotopic (exact) mass is 353 g/mol. The molecular weight excluding hydrogens is 336 g/mol. The Labute approximate surface area is 142 Å². The molecular formula is C17H17F2NO3S. The Balaban J connectivity index is 2.18. The number of carbonyl (C=O) groups is 2. The van der Waals surface area contributed by atoms with Gasteiger partial charge in [0.15, 0.2) is 11.6 Å². The van der Waals surface area contributed by atoms with Crippen molar-refractivity contribution in [1.29, 1.82) is 0 Å². The van der Waals surface area contributed by atoms with E-state index in [0.29, 0.717) is 5.56 Å². The van der Waals surface area contributed by atoms with Gasteiger partial charge in [-0.2, -0.15) is 0 Å². The first-order chi connectivity index (χ1) is 11.4. The molecule has 2 aromatic rings. The number of carboxylic acids is 1. The average molecular weight is 353 g/mol. The van der Waals surface area contributed by atoms with Gasteiger partial charge in [-0.1, -0.05) is 12.1 Å². The highest BCUT2D eigenvalue weighted by atomic mass is 32.1. The molecule has 7 heteroatoms. The van der Waals surface area contributed by atoms with E-state index in [1.54, 1.807) is 6.92 Å². The second-order valence-electron chi connectivity index (χ2n) is 5.39. The van der Waals surface area contributed by atoms with E-state index in [1.807, 2.05) is 17.5 Å². The molecule has 0 aliphatic heterocycles. The van der Waals surface area contributed by atoms with Crippen molar-refractivity contribution in [3.05, 3.63) is 57.8 Å². The van der Waals surface area contributed by atoms with Crippen LogP contribution in [0, 0.1) is 11.6 Å². The van der Waals surface area contributed by atoms with Gasteiger partial charge >= 0.3 is 5.97 Å². The molecule has 0 saturated heterocycles. The summed E-state index contributed by atoms with van der Waals surface area (Å²) in [6.07, 6.45) is -0.216. The Kier molecular flexibility index (Phi) is 6.03. The molecule has 0 bridgehead atoms. The molecule has 4 nitrogen and oxygen atoms in total. The van der Waals surface area contributed by atoms with Crippen molar-refractivity contribution < 1.29 is 23.5 Å². The molecule has 2 rings (SSSR count). The second kappa shape index (κ2) is 8.01. The van der Waals surface area contributed by atoms with Crippen molar-refractivity contribution in [2.24, 2.45) is 0 Å². The predicted octanol–water partition coefficient (Wildman–Crippen LogP) is 3.63. The van der Waals surface area contributed by atoms with Gasteiger partial charge < -0.3 is 10.0 Å². The van der Waals surface area contributed by atoms with E-state index in [-0.39, 0.29) is 25.4 Å². The van der Waals surface area contributed by atoms with Crippen LogP contribution in [0.5, 0.6) is 0 Å². The molecule has 1 amide bonds. The lowest BCUT2D eigenvalue weighted by molar-refractivity contribution is -0.139. The van der Waals surface area contributed by atoms with Gasteiger partial charge in [0.1, 0.15) is 0 Å². The van der Waals surface area contributed by atoms with Crippen LogP contribution in [-0.2, 0) is 16.1 Å². The minimum absolute atomic E-state index is 0.00285. The third kappa shape index (κ3) is 4.61. The minimum Gasteiger partial charge on any atom is -0.481 e. The maximum Gasteiger partial charge on any atom is 0.305 e. The smallest absolute Gasteiger partial charge is 0.305 e. The molecule has 24 heavy (non-hydrogen) atoms. The predicted molar refractivity (Wildman–Crippen MR) is 86.8 cm³/mol. The highest BCUT2D eigenvalue weighted by Gasteiger charge is 2.23. The number of carboxylic acid groups (broad SMARTS) is 1. The van der Waals surface area contributed by atoms with Gasteiger partial charge in [0.2, 0.25) is 5.91 Å². The Morgan fingerprint density at radius 2 is 2.00 bits per heavy atom. The lowest BCUT2D eigenvalue weighted by Crippen LogP contribution is -2.35. The zero-order chi connectivity index (χ0) is 17.7. The SMILES string of the molecule is CC(C(=O)N(CCC(=O)O)Cc1ccc(F)c(F)c1)c1cccs1. The van der Waals surface area contributed by atoms with Crippen LogP contribution in [-0.4, -0.2) is 28.4 Å². The van der Waals surface area contributed by atoms with Crippen molar-refractivity contribution >= 4 is 23.2 Å². The van der Waals surface area contributed by atoms with Gasteiger partial charge in [-0.25, -0.2) is 8.78 Å². The molecule has 0 fully saturated rings. The Bertz CT molecular complexity index is 719. The van der Waals surface area contributed by atoms with Gasteiger partial charge in [0.25, 0.3) is 0 Å². The maximum absolute atomic E-state index is 13.4. The van der Waals surface area contributed by atoms with E-state index in [0.717, 1.165) is 17.0 Å². The summed E-state index contributed by atoms with van der Waals surface area (Å²) >= 11 is 1.44. The van der Waals surface area contributed by atoms with Crippen molar-refractivity contribution in [1.82, 2.24) is 4.90 Å². The van der Waals surface area contributed by atoms with Crippen molar-refractivity contribution in [3.8, 4) is 0 Å². The molecule has 1 heterocycles. The number of benzene rings is 1. The number of nitrogens with zero attached hydrogens (tertiary/aromatic N) is 1. The zero-order valence-corrected chi connectivity index (χ0v) is 13.9. The number of hydrogen-bond donors (Lipinski definition) is 1. The van der Waals surface area contributed by atoms with E-state index in [4.69, 9.17) is 5.11 Å². The largest absolute Gasteiger partial charge is 0.481 e. The van der Waals surface area contributed by atoms with E-state index >= 15 is 0 Å². The Morgan fingerprint density at radius 1 is 1.25 bits per heavy atom. The molecule has 1 N–H and O–H groups in total. The molecule has 1 unspecified atom stereocenters. The zero-order valence-electron chi connectivity index (χ0n) is 13.0. The number of halogens is 2. The lowest BCUT2D eigenvalue weighted by Gasteiger charge is -2.25. The van der Waals surface area contributed by atoms with Crippen LogP contribution in [0.25, 0.3) is 0 Å². The van der Waals surface area contributed by atoms with Crippen LogP contribution < -0.4 is 0 Å². The van der Waals surface area contributed by atoms with E-state index < -0.39 is 23.5 Å². The molecule has 0 aliphatic carbocycles. The Hall–Kier alpha value is -2.28. The second-order valence-corrected chi connectivity index (χ2v) is 6.37. The normalized spacial score (nSPS) is 12.0. The number of rotatable bonds is 7. The van der Waals surface area contributed by atoms with Crippen LogP contribution in [0.2, 0.25) is 0 Å². The van der Waals surface area contributed by atoms with Crippen LogP contribution in [0.4, 0.5) is 8.78 Å². The lowest BCUT2D eigenvalue weighted by atomic mass is 10.1. The number of aliphatic carboxylic acids is 1. The van der Waals surface area contributed by atoms with E-state index in [2.05, 4.69) is 0 Å². The molecule has 0 saturated carbocycles. The van der Waals surface area contributed by atoms with Gasteiger partial charge in [-0.05, 0) is 36.1 Å². The highest BCUT2D eigenvalue weighted by molar-refractivity contribution is 7.10. The van der Waals surface area contributed by atoms with Crippen molar-refractivity contribution in [2.45, 2.75) is 25.8 Å². The molecule has 0 aliphatic rings. The van der Waals surface area contributed by atoms with Crippen LogP contribution in [0.3, 0.4) is 0 Å². The maximum atomic E-state index is 13.4. The van der Waals surface area contributed by atoms with Crippen molar-refractivity contribution in [3.63, 3.8) is 0 Å². The van der Waals surface area contributed by atoms with Gasteiger partial charge in [-0.3, -0.25) is 9.59 Å².